The monoisotopic (exact) mass is 510 g/mol. The van der Waals surface area contributed by atoms with Gasteiger partial charge in [0, 0.05) is 25.2 Å². The molecule has 4 N–H and O–H groups in total. The number of amides is 3. The van der Waals surface area contributed by atoms with Crippen molar-refractivity contribution in [3.8, 4) is 0 Å². The molecule has 4 rings (SSSR count). The summed E-state index contributed by atoms with van der Waals surface area (Å²) in [5.41, 5.74) is -0.0593. The lowest BCUT2D eigenvalue weighted by molar-refractivity contribution is 0.0679. The highest BCUT2D eigenvalue weighted by molar-refractivity contribution is 6.33. The number of ether oxygens (including phenoxy) is 1. The van der Waals surface area contributed by atoms with Crippen LogP contribution >= 0.6 is 11.6 Å². The molecule has 1 aromatic carbocycles. The Balaban J connectivity index is 1.17. The van der Waals surface area contributed by atoms with Gasteiger partial charge in [0.1, 0.15) is 22.8 Å². The molecule has 1 saturated carbocycles. The highest BCUT2D eigenvalue weighted by atomic mass is 35.5. The number of H-pyrrole nitrogens is 1. The van der Waals surface area contributed by atoms with E-state index in [2.05, 4.69) is 26.1 Å². The third-order valence-electron chi connectivity index (χ3n) is 6.09. The van der Waals surface area contributed by atoms with E-state index in [1.54, 1.807) is 0 Å². The summed E-state index contributed by atoms with van der Waals surface area (Å²) in [6, 6.07) is 2.01. The Kier molecular flexibility index (Phi) is 7.69. The summed E-state index contributed by atoms with van der Waals surface area (Å²) in [6.45, 7) is 1.08. The molecular weight excluding hydrogens is 486 g/mol. The Hall–Kier alpha value is -3.41. The Labute approximate surface area is 204 Å². The molecule has 188 valence electrons. The highest BCUT2D eigenvalue weighted by Gasteiger charge is 2.29. The molecule has 0 bridgehead atoms. The molecule has 1 atom stereocenters. The van der Waals surface area contributed by atoms with E-state index in [4.69, 9.17) is 16.3 Å². The molecule has 0 radical (unpaired) electrons. The van der Waals surface area contributed by atoms with Crippen LogP contribution in [0.1, 0.15) is 32.1 Å². The quantitative estimate of drug-likeness (QED) is 0.489. The number of hydrogen-bond donors (Lipinski definition) is 4. The van der Waals surface area contributed by atoms with Crippen molar-refractivity contribution in [3.05, 3.63) is 51.4 Å². The van der Waals surface area contributed by atoms with Crippen LogP contribution in [-0.2, 0) is 4.74 Å². The van der Waals surface area contributed by atoms with Crippen LogP contribution in [0.5, 0.6) is 0 Å². The number of alkyl carbamates (subject to hydrolysis) is 1. The molecule has 1 aromatic heterocycles. The second-order valence-electron chi connectivity index (χ2n) is 8.58. The van der Waals surface area contributed by atoms with Crippen molar-refractivity contribution in [2.45, 2.75) is 50.3 Å². The summed E-state index contributed by atoms with van der Waals surface area (Å²) in [5, 5.41) is 14.1. The topological polar surface area (TPSA) is 128 Å². The minimum absolute atomic E-state index is 0.0603. The smallest absolute Gasteiger partial charge is 0.407 e. The molecule has 13 heteroatoms. The standard InChI is InChI=1S/C22H25ClF2N6O4/c23-19-18(10-26-30-20(19)32)31-8-7-14(11-31)28-22(34)35-15-4-2-13(3-5-15)27-21(33)29-17-6-1-12(24)9-16(17)25/h1,6,9-10,13-15H,2-5,7-8,11H2,(H,28,34)(H,30,32)(H2,27,29,33)/t13?,14-,15?/m1/s1. The van der Waals surface area contributed by atoms with Crippen LogP contribution in [0.4, 0.5) is 29.7 Å². The Morgan fingerprint density at radius 3 is 2.63 bits per heavy atom. The van der Waals surface area contributed by atoms with Crippen molar-refractivity contribution in [1.29, 1.82) is 0 Å². The van der Waals surface area contributed by atoms with Gasteiger partial charge in [0.15, 0.2) is 0 Å². The summed E-state index contributed by atoms with van der Waals surface area (Å²) >= 11 is 6.05. The van der Waals surface area contributed by atoms with Gasteiger partial charge in [-0.1, -0.05) is 11.6 Å². The first kappa shape index (κ1) is 24.7. The number of halogens is 3. The van der Waals surface area contributed by atoms with E-state index in [0.717, 1.165) is 12.1 Å². The molecule has 2 heterocycles. The molecule has 1 aliphatic heterocycles. The summed E-state index contributed by atoms with van der Waals surface area (Å²) in [6.07, 6.45) is 3.64. The lowest BCUT2D eigenvalue weighted by Crippen LogP contribution is -2.43. The molecule has 0 unspecified atom stereocenters. The fourth-order valence-electron chi connectivity index (χ4n) is 4.30. The van der Waals surface area contributed by atoms with Gasteiger partial charge >= 0.3 is 12.1 Å². The Bertz CT molecular complexity index is 1140. The van der Waals surface area contributed by atoms with Gasteiger partial charge in [-0.25, -0.2) is 23.5 Å². The van der Waals surface area contributed by atoms with E-state index in [1.807, 2.05) is 4.90 Å². The maximum atomic E-state index is 13.7. The second kappa shape index (κ2) is 10.9. The summed E-state index contributed by atoms with van der Waals surface area (Å²) in [7, 11) is 0. The van der Waals surface area contributed by atoms with Crippen LogP contribution in [0.3, 0.4) is 0 Å². The lowest BCUT2D eigenvalue weighted by Gasteiger charge is -2.29. The van der Waals surface area contributed by atoms with E-state index < -0.39 is 29.3 Å². The SMILES string of the molecule is O=C(Nc1ccc(F)cc1F)NC1CCC(OC(=O)N[C@@H]2CCN(c3cn[nH]c(=O)c3Cl)C2)CC1. The molecule has 1 aliphatic carbocycles. The average molecular weight is 511 g/mol. The third-order valence-corrected chi connectivity index (χ3v) is 6.46. The number of anilines is 2. The van der Waals surface area contributed by atoms with E-state index >= 15 is 0 Å². The van der Waals surface area contributed by atoms with Gasteiger partial charge in [-0.15, -0.1) is 0 Å². The van der Waals surface area contributed by atoms with Crippen molar-refractivity contribution in [3.63, 3.8) is 0 Å². The van der Waals surface area contributed by atoms with Crippen LogP contribution in [0.2, 0.25) is 5.02 Å². The van der Waals surface area contributed by atoms with Gasteiger partial charge in [-0.05, 0) is 44.2 Å². The van der Waals surface area contributed by atoms with Crippen LogP contribution in [0, 0.1) is 11.6 Å². The van der Waals surface area contributed by atoms with Gasteiger partial charge in [-0.2, -0.15) is 5.10 Å². The van der Waals surface area contributed by atoms with Gasteiger partial charge in [0.2, 0.25) is 0 Å². The molecule has 2 fully saturated rings. The molecule has 1 saturated heterocycles. The zero-order valence-corrected chi connectivity index (χ0v) is 19.4. The maximum Gasteiger partial charge on any atom is 0.407 e. The fraction of sp³-hybridized carbons (Fsp3) is 0.455. The van der Waals surface area contributed by atoms with E-state index in [1.165, 1.54) is 6.20 Å². The second-order valence-corrected chi connectivity index (χ2v) is 8.95. The summed E-state index contributed by atoms with van der Waals surface area (Å²) < 4.78 is 32.2. The lowest BCUT2D eigenvalue weighted by atomic mass is 9.93. The molecule has 3 amide bonds. The first-order valence-electron chi connectivity index (χ1n) is 11.3. The van der Waals surface area contributed by atoms with Crippen LogP contribution in [0.25, 0.3) is 0 Å². The van der Waals surface area contributed by atoms with Crippen molar-refractivity contribution in [2.24, 2.45) is 0 Å². The largest absolute Gasteiger partial charge is 0.446 e. The number of aromatic amines is 1. The number of carbonyl (C=O) groups is 2. The number of hydrogen-bond acceptors (Lipinski definition) is 6. The molecule has 10 nitrogen and oxygen atoms in total. The van der Waals surface area contributed by atoms with Gasteiger partial charge in [-0.3, -0.25) is 4.79 Å². The van der Waals surface area contributed by atoms with E-state index in [-0.39, 0.29) is 28.9 Å². The van der Waals surface area contributed by atoms with Gasteiger partial charge < -0.3 is 25.6 Å². The van der Waals surface area contributed by atoms with Gasteiger partial charge in [0.05, 0.1) is 23.6 Å². The van der Waals surface area contributed by atoms with Crippen molar-refractivity contribution >= 4 is 35.1 Å². The summed E-state index contributed by atoms with van der Waals surface area (Å²) in [5.74, 6) is -1.58. The normalized spacial score (nSPS) is 21.9. The van der Waals surface area contributed by atoms with Crippen molar-refractivity contribution < 1.29 is 23.1 Å². The fourth-order valence-corrected chi connectivity index (χ4v) is 4.51. The van der Waals surface area contributed by atoms with E-state index in [0.29, 0.717) is 56.9 Å². The molecule has 2 aromatic rings. The average Bonchev–Trinajstić information content (AvgIpc) is 3.27. The molecule has 2 aliphatic rings. The zero-order valence-electron chi connectivity index (χ0n) is 18.7. The third kappa shape index (κ3) is 6.38. The van der Waals surface area contributed by atoms with Crippen molar-refractivity contribution in [2.75, 3.05) is 23.3 Å². The van der Waals surface area contributed by atoms with Crippen molar-refractivity contribution in [1.82, 2.24) is 20.8 Å². The number of nitrogens with zero attached hydrogens (tertiary/aromatic N) is 2. The number of benzene rings is 1. The number of aromatic nitrogens is 2. The van der Waals surface area contributed by atoms with Crippen LogP contribution < -0.4 is 26.4 Å². The first-order chi connectivity index (χ1) is 16.8. The predicted molar refractivity (Wildman–Crippen MR) is 125 cm³/mol. The zero-order chi connectivity index (χ0) is 24.9. The van der Waals surface area contributed by atoms with Crippen LogP contribution in [-0.4, -0.2) is 53.6 Å². The number of nitrogens with one attached hydrogen (secondary N) is 4. The van der Waals surface area contributed by atoms with Crippen LogP contribution in [0.15, 0.2) is 29.2 Å². The number of carbonyl (C=O) groups excluding carboxylic acids is 2. The predicted octanol–water partition coefficient (Wildman–Crippen LogP) is 3.14. The minimum Gasteiger partial charge on any atom is -0.446 e. The number of urea groups is 1. The Morgan fingerprint density at radius 2 is 1.89 bits per heavy atom. The minimum atomic E-state index is -0.856. The molecule has 35 heavy (non-hydrogen) atoms. The maximum absolute atomic E-state index is 13.7. The molecule has 0 spiro atoms. The Morgan fingerprint density at radius 1 is 1.11 bits per heavy atom. The first-order valence-corrected chi connectivity index (χ1v) is 11.6. The highest BCUT2D eigenvalue weighted by Crippen LogP contribution is 2.25. The summed E-state index contributed by atoms with van der Waals surface area (Å²) in [4.78, 5) is 38.0. The van der Waals surface area contributed by atoms with E-state index in [9.17, 15) is 23.2 Å². The van der Waals surface area contributed by atoms with Gasteiger partial charge in [0.25, 0.3) is 5.56 Å². The number of rotatable bonds is 5. The molecular formula is C22H25ClF2N6O4.